The minimum absolute atomic E-state index is 0.0606. The summed E-state index contributed by atoms with van der Waals surface area (Å²) in [4.78, 5) is 38.3. The van der Waals surface area contributed by atoms with Crippen molar-refractivity contribution >= 4 is 17.9 Å². The zero-order chi connectivity index (χ0) is 52.2. The van der Waals surface area contributed by atoms with Crippen LogP contribution < -0.4 is 0 Å². The van der Waals surface area contributed by atoms with E-state index < -0.39 is 6.10 Å². The zero-order valence-electron chi connectivity index (χ0n) is 49.2. The van der Waals surface area contributed by atoms with E-state index in [4.69, 9.17) is 14.2 Å². The molecule has 0 N–H and O–H groups in total. The van der Waals surface area contributed by atoms with Crippen molar-refractivity contribution in [3.63, 3.8) is 0 Å². The highest BCUT2D eigenvalue weighted by Crippen LogP contribution is 2.19. The van der Waals surface area contributed by atoms with Crippen molar-refractivity contribution in [1.29, 1.82) is 0 Å². The molecule has 428 valence electrons. The molecule has 0 aromatic carbocycles. The number of carbonyl (C=O) groups is 3. The van der Waals surface area contributed by atoms with E-state index in [9.17, 15) is 14.4 Å². The summed E-state index contributed by atoms with van der Waals surface area (Å²) >= 11 is 0. The molecule has 0 aliphatic rings. The Hall–Kier alpha value is -1.59. The molecular formula is C66H128O6. The Morgan fingerprint density at radius 2 is 0.375 bits per heavy atom. The van der Waals surface area contributed by atoms with E-state index in [2.05, 4.69) is 20.8 Å². The summed E-state index contributed by atoms with van der Waals surface area (Å²) in [6.07, 6.45) is 71.2. The van der Waals surface area contributed by atoms with Crippen LogP contribution in [0.4, 0.5) is 0 Å². The van der Waals surface area contributed by atoms with Gasteiger partial charge in [-0.25, -0.2) is 0 Å². The van der Waals surface area contributed by atoms with Crippen molar-refractivity contribution in [2.45, 2.75) is 393 Å². The molecule has 6 heteroatoms. The Morgan fingerprint density at radius 1 is 0.222 bits per heavy atom. The molecule has 1 atom stereocenters. The molecule has 0 radical (unpaired) electrons. The first-order valence-electron chi connectivity index (χ1n) is 33.0. The second-order valence-corrected chi connectivity index (χ2v) is 22.8. The zero-order valence-corrected chi connectivity index (χ0v) is 49.2. The lowest BCUT2D eigenvalue weighted by Crippen LogP contribution is -2.30. The van der Waals surface area contributed by atoms with Gasteiger partial charge in [-0.15, -0.1) is 0 Å². The third-order valence-corrected chi connectivity index (χ3v) is 15.4. The largest absolute Gasteiger partial charge is 0.462 e. The maximum Gasteiger partial charge on any atom is 0.306 e. The smallest absolute Gasteiger partial charge is 0.306 e. The maximum atomic E-state index is 12.9. The minimum Gasteiger partial charge on any atom is -0.462 e. The van der Waals surface area contributed by atoms with E-state index in [1.807, 2.05) is 0 Å². The predicted molar refractivity (Wildman–Crippen MR) is 312 cm³/mol. The molecule has 0 fully saturated rings. The fourth-order valence-corrected chi connectivity index (χ4v) is 10.4. The molecule has 0 spiro atoms. The van der Waals surface area contributed by atoms with Gasteiger partial charge >= 0.3 is 17.9 Å². The van der Waals surface area contributed by atoms with Crippen LogP contribution in [0.2, 0.25) is 0 Å². The van der Waals surface area contributed by atoms with Crippen molar-refractivity contribution in [3.8, 4) is 0 Å². The van der Waals surface area contributed by atoms with Gasteiger partial charge in [0.25, 0.3) is 0 Å². The van der Waals surface area contributed by atoms with Crippen molar-refractivity contribution < 1.29 is 28.6 Å². The van der Waals surface area contributed by atoms with Gasteiger partial charge in [0, 0.05) is 19.3 Å². The molecule has 72 heavy (non-hydrogen) atoms. The van der Waals surface area contributed by atoms with Gasteiger partial charge in [0.2, 0.25) is 0 Å². The number of hydrogen-bond donors (Lipinski definition) is 0. The van der Waals surface area contributed by atoms with Crippen LogP contribution in [-0.4, -0.2) is 37.2 Å². The van der Waals surface area contributed by atoms with E-state index in [-0.39, 0.29) is 31.1 Å². The molecule has 0 saturated carbocycles. The average Bonchev–Trinajstić information content (AvgIpc) is 3.38. The normalized spacial score (nSPS) is 11.9. The summed E-state index contributed by atoms with van der Waals surface area (Å²) in [6, 6.07) is 0. The monoisotopic (exact) mass is 1020 g/mol. The Labute approximate surface area is 450 Å². The SMILES string of the molecule is CCCCCCCCCCCCCCCCCCCCCCCCCCCCC(=O)OCC(COC(=O)CCCCCCCCCCCCCCC)OC(=O)CCCCCCCCCCCCCCCCC. The number of ether oxygens (including phenoxy) is 3. The lowest BCUT2D eigenvalue weighted by molar-refractivity contribution is -0.167. The van der Waals surface area contributed by atoms with Crippen LogP contribution in [0.3, 0.4) is 0 Å². The molecule has 0 bridgehead atoms. The fourth-order valence-electron chi connectivity index (χ4n) is 10.4. The second-order valence-electron chi connectivity index (χ2n) is 22.8. The Kier molecular flexibility index (Phi) is 60.6. The molecule has 0 aromatic heterocycles. The van der Waals surface area contributed by atoms with Crippen LogP contribution >= 0.6 is 0 Å². The number of rotatable bonds is 62. The lowest BCUT2D eigenvalue weighted by Gasteiger charge is -2.18. The van der Waals surface area contributed by atoms with Gasteiger partial charge in [-0.1, -0.05) is 348 Å². The molecule has 1 unspecified atom stereocenters. The summed E-state index contributed by atoms with van der Waals surface area (Å²) in [7, 11) is 0. The molecule has 0 rings (SSSR count). The summed E-state index contributed by atoms with van der Waals surface area (Å²) in [5.74, 6) is -0.826. The summed E-state index contributed by atoms with van der Waals surface area (Å²) in [5, 5.41) is 0. The number of carbonyl (C=O) groups excluding carboxylic acids is 3. The number of hydrogen-bond acceptors (Lipinski definition) is 6. The van der Waals surface area contributed by atoms with Crippen LogP contribution in [0.1, 0.15) is 387 Å². The standard InChI is InChI=1S/C66H128O6/c1-4-7-10-13-16-19-22-25-27-28-29-30-31-32-33-34-35-36-37-39-41-44-47-50-53-56-59-65(68)71-62-63(61-70-64(67)58-55-52-49-46-43-40-24-21-18-15-12-9-6-3)72-66(69)60-57-54-51-48-45-42-38-26-23-20-17-14-11-8-5-2/h63H,4-62H2,1-3H3. The van der Waals surface area contributed by atoms with Gasteiger partial charge < -0.3 is 14.2 Å². The average molecular weight is 1020 g/mol. The van der Waals surface area contributed by atoms with Crippen molar-refractivity contribution in [2.24, 2.45) is 0 Å². The van der Waals surface area contributed by atoms with Crippen molar-refractivity contribution in [2.75, 3.05) is 13.2 Å². The van der Waals surface area contributed by atoms with Gasteiger partial charge in [-0.2, -0.15) is 0 Å². The fraction of sp³-hybridized carbons (Fsp3) is 0.955. The first-order chi connectivity index (χ1) is 35.5. The van der Waals surface area contributed by atoms with Crippen LogP contribution in [0.5, 0.6) is 0 Å². The molecule has 0 saturated heterocycles. The predicted octanol–water partition coefficient (Wildman–Crippen LogP) is 22.3. The third-order valence-electron chi connectivity index (χ3n) is 15.4. The molecule has 0 aliphatic carbocycles. The first kappa shape index (κ1) is 70.4. The molecular weight excluding hydrogens is 889 g/mol. The first-order valence-corrected chi connectivity index (χ1v) is 33.0. The van der Waals surface area contributed by atoms with Crippen LogP contribution in [0.25, 0.3) is 0 Å². The third kappa shape index (κ3) is 59.3. The topological polar surface area (TPSA) is 78.9 Å². The van der Waals surface area contributed by atoms with Gasteiger partial charge in [-0.3, -0.25) is 14.4 Å². The van der Waals surface area contributed by atoms with Gasteiger partial charge in [0.1, 0.15) is 13.2 Å². The van der Waals surface area contributed by atoms with E-state index in [0.29, 0.717) is 19.3 Å². The second kappa shape index (κ2) is 62.0. The van der Waals surface area contributed by atoms with Crippen molar-refractivity contribution in [1.82, 2.24) is 0 Å². The maximum absolute atomic E-state index is 12.9. The molecule has 0 heterocycles. The molecule has 0 amide bonds. The van der Waals surface area contributed by atoms with E-state index in [0.717, 1.165) is 57.8 Å². The Balaban J connectivity index is 4.15. The van der Waals surface area contributed by atoms with Gasteiger partial charge in [0.15, 0.2) is 6.10 Å². The summed E-state index contributed by atoms with van der Waals surface area (Å²) in [6.45, 7) is 6.72. The quantitative estimate of drug-likeness (QED) is 0.0343. The highest BCUT2D eigenvalue weighted by Gasteiger charge is 2.19. The van der Waals surface area contributed by atoms with Crippen LogP contribution in [0.15, 0.2) is 0 Å². The summed E-state index contributed by atoms with van der Waals surface area (Å²) < 4.78 is 16.9. The van der Waals surface area contributed by atoms with Crippen molar-refractivity contribution in [3.05, 3.63) is 0 Å². The molecule has 6 nitrogen and oxygen atoms in total. The van der Waals surface area contributed by atoms with Gasteiger partial charge in [-0.05, 0) is 19.3 Å². The van der Waals surface area contributed by atoms with E-state index >= 15 is 0 Å². The van der Waals surface area contributed by atoms with E-state index in [1.165, 1.54) is 289 Å². The lowest BCUT2D eigenvalue weighted by atomic mass is 10.0. The van der Waals surface area contributed by atoms with Gasteiger partial charge in [0.05, 0.1) is 0 Å². The van der Waals surface area contributed by atoms with Crippen LogP contribution in [0, 0.1) is 0 Å². The number of esters is 3. The van der Waals surface area contributed by atoms with E-state index in [1.54, 1.807) is 0 Å². The highest BCUT2D eigenvalue weighted by atomic mass is 16.6. The molecule has 0 aromatic rings. The Morgan fingerprint density at radius 3 is 0.556 bits per heavy atom. The van der Waals surface area contributed by atoms with Crippen LogP contribution in [-0.2, 0) is 28.6 Å². The minimum atomic E-state index is -0.762. The molecule has 0 aliphatic heterocycles. The highest BCUT2D eigenvalue weighted by molar-refractivity contribution is 5.71. The Bertz CT molecular complexity index is 1080. The number of unbranched alkanes of at least 4 members (excludes halogenated alkanes) is 51. The summed E-state index contributed by atoms with van der Waals surface area (Å²) in [5.41, 5.74) is 0.